The van der Waals surface area contributed by atoms with E-state index in [1.807, 2.05) is 0 Å². The quantitative estimate of drug-likeness (QED) is 0.592. The van der Waals surface area contributed by atoms with Crippen LogP contribution in [0, 0.1) is 16.7 Å². The number of fused-ring (bicyclic) bond motifs is 4. The second kappa shape index (κ2) is 8.63. The molecule has 0 radical (unpaired) electrons. The smallest absolute Gasteiger partial charge is 0.309 e. The highest BCUT2D eigenvalue weighted by Gasteiger charge is 2.52. The van der Waals surface area contributed by atoms with E-state index < -0.39 is 11.4 Å². The fourth-order valence-electron chi connectivity index (χ4n) is 6.09. The van der Waals surface area contributed by atoms with Crippen molar-refractivity contribution in [3.8, 4) is 0 Å². The van der Waals surface area contributed by atoms with E-state index in [0.717, 1.165) is 44.9 Å². The molecule has 0 aliphatic heterocycles. The molecule has 2 aromatic rings. The minimum atomic E-state index is -0.685. The van der Waals surface area contributed by atoms with Crippen molar-refractivity contribution in [3.63, 3.8) is 0 Å². The van der Waals surface area contributed by atoms with Crippen LogP contribution in [-0.2, 0) is 16.6 Å². The van der Waals surface area contributed by atoms with Gasteiger partial charge in [-0.1, -0.05) is 19.3 Å². The molecular formula is C24H32N6O4. The lowest BCUT2D eigenvalue weighted by molar-refractivity contribution is -0.158. The first-order valence-corrected chi connectivity index (χ1v) is 12.3. The predicted octanol–water partition coefficient (Wildman–Crippen LogP) is 3.04. The van der Waals surface area contributed by atoms with Crippen LogP contribution in [0.25, 0.3) is 11.0 Å². The first-order chi connectivity index (χ1) is 16.3. The van der Waals surface area contributed by atoms with Gasteiger partial charge in [-0.2, -0.15) is 5.10 Å². The maximum absolute atomic E-state index is 13.1. The van der Waals surface area contributed by atoms with E-state index in [4.69, 9.17) is 0 Å². The predicted molar refractivity (Wildman–Crippen MR) is 124 cm³/mol. The number of amides is 2. The number of carbonyl (C=O) groups is 3. The molecule has 2 aromatic heterocycles. The lowest BCUT2D eigenvalue weighted by atomic mass is 9.53. The number of carboxylic acid groups (broad SMARTS) is 1. The lowest BCUT2D eigenvalue weighted by Crippen LogP contribution is -2.50. The SMILES string of the molecule is Cn1nc2c(C(=O)NCC34CCC(C(=O)O)(CC3)CC4)ncnc2c1NC(=O)C1CCCCC1. The van der Waals surface area contributed by atoms with Gasteiger partial charge in [0, 0.05) is 19.5 Å². The minimum Gasteiger partial charge on any atom is -0.481 e. The number of anilines is 1. The van der Waals surface area contributed by atoms with Gasteiger partial charge in [0.1, 0.15) is 17.4 Å². The summed E-state index contributed by atoms with van der Waals surface area (Å²) in [6, 6.07) is 0. The van der Waals surface area contributed by atoms with Gasteiger partial charge < -0.3 is 15.7 Å². The zero-order valence-electron chi connectivity index (χ0n) is 19.6. The molecule has 0 spiro atoms. The molecule has 0 atom stereocenters. The maximum Gasteiger partial charge on any atom is 0.309 e. The minimum absolute atomic E-state index is 0.00610. The van der Waals surface area contributed by atoms with E-state index >= 15 is 0 Å². The molecule has 0 aromatic carbocycles. The molecule has 2 heterocycles. The number of aliphatic carboxylic acids is 1. The molecule has 4 aliphatic rings. The monoisotopic (exact) mass is 468 g/mol. The molecule has 0 saturated heterocycles. The van der Waals surface area contributed by atoms with Crippen molar-refractivity contribution in [2.75, 3.05) is 11.9 Å². The Kier molecular flexibility index (Phi) is 5.77. The van der Waals surface area contributed by atoms with Crippen LogP contribution in [0.15, 0.2) is 6.33 Å². The maximum atomic E-state index is 13.1. The summed E-state index contributed by atoms with van der Waals surface area (Å²) in [6.07, 6.45) is 10.8. The van der Waals surface area contributed by atoms with Crippen LogP contribution in [0.4, 0.5) is 5.82 Å². The summed E-state index contributed by atoms with van der Waals surface area (Å²) in [5, 5.41) is 20.1. The molecule has 182 valence electrons. The van der Waals surface area contributed by atoms with Gasteiger partial charge in [-0.3, -0.25) is 14.4 Å². The van der Waals surface area contributed by atoms with E-state index in [2.05, 4.69) is 25.7 Å². The van der Waals surface area contributed by atoms with Crippen molar-refractivity contribution in [2.45, 2.75) is 70.6 Å². The number of carbonyl (C=O) groups excluding carboxylic acids is 2. The molecule has 2 bridgehead atoms. The zero-order chi connectivity index (χ0) is 23.9. The highest BCUT2D eigenvalue weighted by Crippen LogP contribution is 2.56. The van der Waals surface area contributed by atoms with Crippen molar-refractivity contribution >= 4 is 34.6 Å². The van der Waals surface area contributed by atoms with Crippen molar-refractivity contribution in [2.24, 2.45) is 23.8 Å². The largest absolute Gasteiger partial charge is 0.481 e. The van der Waals surface area contributed by atoms with Crippen LogP contribution < -0.4 is 10.6 Å². The Bertz CT molecular complexity index is 1110. The number of hydrogen-bond acceptors (Lipinski definition) is 6. The Hall–Kier alpha value is -3.04. The van der Waals surface area contributed by atoms with Gasteiger partial charge in [0.05, 0.1) is 5.41 Å². The molecule has 2 amide bonds. The van der Waals surface area contributed by atoms with E-state index in [9.17, 15) is 19.5 Å². The van der Waals surface area contributed by atoms with Crippen molar-refractivity contribution < 1.29 is 19.5 Å². The topological polar surface area (TPSA) is 139 Å². The van der Waals surface area contributed by atoms with Crippen LogP contribution in [0.1, 0.15) is 81.1 Å². The first-order valence-electron chi connectivity index (χ1n) is 12.3. The number of aromatic nitrogens is 4. The zero-order valence-corrected chi connectivity index (χ0v) is 19.6. The highest BCUT2D eigenvalue weighted by molar-refractivity contribution is 6.07. The molecule has 10 heteroatoms. The van der Waals surface area contributed by atoms with Gasteiger partial charge in [-0.05, 0) is 56.8 Å². The molecule has 4 fully saturated rings. The normalized spacial score (nSPS) is 27.0. The third-order valence-corrected chi connectivity index (χ3v) is 8.53. The second-order valence-electron chi connectivity index (χ2n) is 10.5. The summed E-state index contributed by atoms with van der Waals surface area (Å²) >= 11 is 0. The highest BCUT2D eigenvalue weighted by atomic mass is 16.4. The first kappa shape index (κ1) is 22.7. The van der Waals surface area contributed by atoms with Crippen LogP contribution >= 0.6 is 0 Å². The fourth-order valence-corrected chi connectivity index (χ4v) is 6.09. The van der Waals surface area contributed by atoms with Gasteiger partial charge in [0.15, 0.2) is 11.5 Å². The molecule has 4 aliphatic carbocycles. The Balaban J connectivity index is 1.30. The molecular weight excluding hydrogens is 436 g/mol. The van der Waals surface area contributed by atoms with Crippen molar-refractivity contribution in [1.29, 1.82) is 0 Å². The van der Waals surface area contributed by atoms with Gasteiger partial charge >= 0.3 is 5.97 Å². The molecule has 10 nitrogen and oxygen atoms in total. The number of nitrogens with zero attached hydrogens (tertiary/aromatic N) is 4. The Morgan fingerprint density at radius 3 is 2.35 bits per heavy atom. The summed E-state index contributed by atoms with van der Waals surface area (Å²) in [5.74, 6) is -0.570. The number of rotatable bonds is 6. The fraction of sp³-hybridized carbons (Fsp3) is 0.667. The molecule has 4 saturated carbocycles. The van der Waals surface area contributed by atoms with E-state index in [0.29, 0.717) is 42.7 Å². The van der Waals surface area contributed by atoms with Gasteiger partial charge in [0.2, 0.25) is 5.91 Å². The average molecular weight is 469 g/mol. The Morgan fingerprint density at radius 1 is 1.03 bits per heavy atom. The number of hydrogen-bond donors (Lipinski definition) is 3. The lowest BCUT2D eigenvalue weighted by Gasteiger charge is -2.51. The third kappa shape index (κ3) is 3.92. The van der Waals surface area contributed by atoms with Crippen molar-refractivity contribution in [3.05, 3.63) is 12.0 Å². The van der Waals surface area contributed by atoms with E-state index in [1.54, 1.807) is 11.7 Å². The average Bonchev–Trinajstić information content (AvgIpc) is 3.19. The Morgan fingerprint density at radius 2 is 1.71 bits per heavy atom. The van der Waals surface area contributed by atoms with Gasteiger partial charge in [-0.15, -0.1) is 0 Å². The molecule has 6 rings (SSSR count). The van der Waals surface area contributed by atoms with Crippen LogP contribution in [0.3, 0.4) is 0 Å². The van der Waals surface area contributed by atoms with E-state index in [-0.39, 0.29) is 28.8 Å². The number of carboxylic acids is 1. The van der Waals surface area contributed by atoms with Crippen LogP contribution in [0.5, 0.6) is 0 Å². The van der Waals surface area contributed by atoms with Gasteiger partial charge in [0.25, 0.3) is 5.91 Å². The van der Waals surface area contributed by atoms with Gasteiger partial charge in [-0.25, -0.2) is 14.6 Å². The summed E-state index contributed by atoms with van der Waals surface area (Å²) in [5.41, 5.74) is 0.364. The van der Waals surface area contributed by atoms with E-state index in [1.165, 1.54) is 12.7 Å². The summed E-state index contributed by atoms with van der Waals surface area (Å²) < 4.78 is 1.54. The molecule has 3 N–H and O–H groups in total. The third-order valence-electron chi connectivity index (χ3n) is 8.53. The Labute approximate surface area is 197 Å². The number of aryl methyl sites for hydroxylation is 1. The van der Waals surface area contributed by atoms with Crippen LogP contribution in [0.2, 0.25) is 0 Å². The summed E-state index contributed by atoms with van der Waals surface area (Å²) in [4.78, 5) is 46.1. The standard InChI is InChI=1S/C24H32N6O4/c1-30-19(28-20(31)15-5-3-2-4-6-15)17-16(29-30)18(27-14-26-17)21(32)25-13-23-7-10-24(11-8-23,12-9-23)22(33)34/h14-15H,2-13H2,1H3,(H,25,32)(H,28,31)(H,33,34). The molecule has 34 heavy (non-hydrogen) atoms. The summed E-state index contributed by atoms with van der Waals surface area (Å²) in [7, 11) is 1.72. The van der Waals surface area contributed by atoms with Crippen molar-refractivity contribution in [1.82, 2.24) is 25.1 Å². The number of nitrogens with one attached hydrogen (secondary N) is 2. The summed E-state index contributed by atoms with van der Waals surface area (Å²) in [6.45, 7) is 0.491. The van der Waals surface area contributed by atoms with Crippen LogP contribution in [-0.4, -0.2) is 49.2 Å². The molecule has 0 unspecified atom stereocenters. The second-order valence-corrected chi connectivity index (χ2v) is 10.5.